The SMILES string of the molecule is Cc1ccc(-c2nc(O)c(Br)c(=O)[nH]2)nc1. The number of halogens is 1. The van der Waals surface area contributed by atoms with E-state index in [4.69, 9.17) is 0 Å². The number of nitrogens with one attached hydrogen (secondary N) is 1. The van der Waals surface area contributed by atoms with E-state index in [1.165, 1.54) is 0 Å². The van der Waals surface area contributed by atoms with Crippen molar-refractivity contribution in [3.05, 3.63) is 38.7 Å². The maximum Gasteiger partial charge on any atom is 0.269 e. The molecule has 5 nitrogen and oxygen atoms in total. The van der Waals surface area contributed by atoms with Crippen molar-refractivity contribution in [3.8, 4) is 17.4 Å². The van der Waals surface area contributed by atoms with E-state index in [-0.39, 0.29) is 16.2 Å². The Hall–Kier alpha value is -1.69. The molecule has 0 radical (unpaired) electrons. The van der Waals surface area contributed by atoms with Crippen LogP contribution in [0.2, 0.25) is 0 Å². The monoisotopic (exact) mass is 281 g/mol. The Bertz CT molecular complexity index is 578. The molecule has 0 saturated heterocycles. The summed E-state index contributed by atoms with van der Waals surface area (Å²) in [6.45, 7) is 1.91. The van der Waals surface area contributed by atoms with Gasteiger partial charge in [0.1, 0.15) is 10.2 Å². The van der Waals surface area contributed by atoms with Crippen molar-refractivity contribution in [2.24, 2.45) is 0 Å². The van der Waals surface area contributed by atoms with Crippen molar-refractivity contribution >= 4 is 15.9 Å². The van der Waals surface area contributed by atoms with E-state index >= 15 is 0 Å². The average molecular weight is 282 g/mol. The van der Waals surface area contributed by atoms with Crippen LogP contribution in [-0.4, -0.2) is 20.1 Å². The van der Waals surface area contributed by atoms with Gasteiger partial charge in [-0.25, -0.2) is 0 Å². The van der Waals surface area contributed by atoms with Gasteiger partial charge in [-0.15, -0.1) is 0 Å². The highest BCUT2D eigenvalue weighted by Crippen LogP contribution is 2.19. The molecule has 0 aliphatic rings. The van der Waals surface area contributed by atoms with Crippen molar-refractivity contribution in [3.63, 3.8) is 0 Å². The third-order valence-corrected chi connectivity index (χ3v) is 2.71. The molecule has 0 aromatic carbocycles. The first-order valence-corrected chi connectivity index (χ1v) is 5.29. The molecule has 0 aliphatic carbocycles. The molecule has 6 heteroatoms. The van der Waals surface area contributed by atoms with Crippen LogP contribution in [0, 0.1) is 6.92 Å². The number of H-pyrrole nitrogens is 1. The maximum absolute atomic E-state index is 11.4. The lowest BCUT2D eigenvalue weighted by molar-refractivity contribution is 0.448. The number of aromatic nitrogens is 3. The predicted molar refractivity (Wildman–Crippen MR) is 62.2 cm³/mol. The van der Waals surface area contributed by atoms with Gasteiger partial charge in [0.15, 0.2) is 5.82 Å². The fourth-order valence-corrected chi connectivity index (χ4v) is 1.36. The summed E-state index contributed by atoms with van der Waals surface area (Å²) in [6, 6.07) is 3.57. The molecule has 2 rings (SSSR count). The highest BCUT2D eigenvalue weighted by Gasteiger charge is 2.09. The van der Waals surface area contributed by atoms with Crippen molar-refractivity contribution < 1.29 is 5.11 Å². The van der Waals surface area contributed by atoms with Crippen LogP contribution in [0.15, 0.2) is 27.6 Å². The van der Waals surface area contributed by atoms with Gasteiger partial charge >= 0.3 is 0 Å². The summed E-state index contributed by atoms with van der Waals surface area (Å²) in [5.41, 5.74) is 1.07. The number of pyridine rings is 1. The molecule has 0 aliphatic heterocycles. The Labute approximate surface area is 99.3 Å². The third-order valence-electron chi connectivity index (χ3n) is 2.00. The lowest BCUT2D eigenvalue weighted by Crippen LogP contribution is -2.10. The summed E-state index contributed by atoms with van der Waals surface area (Å²) >= 11 is 2.92. The van der Waals surface area contributed by atoms with Gasteiger partial charge in [-0.3, -0.25) is 9.78 Å². The molecular weight excluding hydrogens is 274 g/mol. The van der Waals surface area contributed by atoms with Gasteiger partial charge in [0.25, 0.3) is 5.56 Å². The third kappa shape index (κ3) is 1.96. The predicted octanol–water partition coefficient (Wildman–Crippen LogP) is 1.61. The van der Waals surface area contributed by atoms with Gasteiger partial charge in [-0.1, -0.05) is 6.07 Å². The average Bonchev–Trinajstić information content (AvgIpc) is 2.26. The molecule has 2 N–H and O–H groups in total. The summed E-state index contributed by atoms with van der Waals surface area (Å²) in [5.74, 6) is -0.105. The van der Waals surface area contributed by atoms with Crippen LogP contribution in [0.1, 0.15) is 5.56 Å². The Kier molecular flexibility index (Phi) is 2.74. The number of hydrogen-bond acceptors (Lipinski definition) is 4. The summed E-state index contributed by atoms with van der Waals surface area (Å²) < 4.78 is 0.0170. The van der Waals surface area contributed by atoms with Crippen LogP contribution >= 0.6 is 15.9 Å². The van der Waals surface area contributed by atoms with Crippen LogP contribution in [-0.2, 0) is 0 Å². The zero-order valence-corrected chi connectivity index (χ0v) is 9.95. The minimum atomic E-state index is -0.440. The summed E-state index contributed by atoms with van der Waals surface area (Å²) in [7, 11) is 0. The standard InChI is InChI=1S/C10H8BrN3O2/c1-5-2-3-6(12-4-5)8-13-9(15)7(11)10(16)14-8/h2-4H,1H3,(H2,13,14,15,16). The minimum Gasteiger partial charge on any atom is -0.492 e. The number of nitrogens with zero attached hydrogens (tertiary/aromatic N) is 2. The van der Waals surface area contributed by atoms with Gasteiger partial charge in [0, 0.05) is 6.20 Å². The Morgan fingerprint density at radius 1 is 1.44 bits per heavy atom. The molecule has 0 unspecified atom stereocenters. The topological polar surface area (TPSA) is 78.9 Å². The van der Waals surface area contributed by atoms with Crippen molar-refractivity contribution in [1.82, 2.24) is 15.0 Å². The number of aromatic amines is 1. The van der Waals surface area contributed by atoms with Crippen LogP contribution < -0.4 is 5.56 Å². The molecule has 0 saturated carbocycles. The molecule has 0 bridgehead atoms. The summed E-state index contributed by atoms with van der Waals surface area (Å²) in [4.78, 5) is 21.8. The van der Waals surface area contributed by atoms with E-state index in [1.54, 1.807) is 12.3 Å². The Morgan fingerprint density at radius 3 is 2.75 bits per heavy atom. The second-order valence-corrected chi connectivity index (χ2v) is 4.07. The first-order valence-electron chi connectivity index (χ1n) is 4.50. The molecule has 0 spiro atoms. The molecule has 0 fully saturated rings. The maximum atomic E-state index is 11.4. The van der Waals surface area contributed by atoms with Gasteiger partial charge in [-0.2, -0.15) is 4.98 Å². The van der Waals surface area contributed by atoms with Crippen LogP contribution in [0.4, 0.5) is 0 Å². The first kappa shape index (κ1) is 10.8. The number of rotatable bonds is 1. The molecule has 2 aromatic rings. The number of hydrogen-bond donors (Lipinski definition) is 2. The summed E-state index contributed by atoms with van der Waals surface area (Å²) in [6.07, 6.45) is 1.66. The van der Waals surface area contributed by atoms with Crippen molar-refractivity contribution in [1.29, 1.82) is 0 Å². The van der Waals surface area contributed by atoms with E-state index in [9.17, 15) is 9.90 Å². The highest BCUT2D eigenvalue weighted by molar-refractivity contribution is 9.10. The molecule has 2 heterocycles. The Morgan fingerprint density at radius 2 is 2.19 bits per heavy atom. The molecule has 2 aromatic heterocycles. The van der Waals surface area contributed by atoms with E-state index in [0.29, 0.717) is 5.69 Å². The fourth-order valence-electron chi connectivity index (χ4n) is 1.18. The molecule has 82 valence electrons. The Balaban J connectivity index is 2.57. The second-order valence-electron chi connectivity index (χ2n) is 3.27. The molecular formula is C10H8BrN3O2. The van der Waals surface area contributed by atoms with E-state index < -0.39 is 5.56 Å². The fraction of sp³-hybridized carbons (Fsp3) is 0.100. The molecule has 0 amide bonds. The molecule has 16 heavy (non-hydrogen) atoms. The zero-order chi connectivity index (χ0) is 11.7. The smallest absolute Gasteiger partial charge is 0.269 e. The number of aromatic hydroxyl groups is 1. The number of aryl methyl sites for hydroxylation is 1. The van der Waals surface area contributed by atoms with Gasteiger partial charge < -0.3 is 10.1 Å². The lowest BCUT2D eigenvalue weighted by Gasteiger charge is -2.01. The lowest BCUT2D eigenvalue weighted by atomic mass is 10.2. The minimum absolute atomic E-state index is 0.0170. The first-order chi connectivity index (χ1) is 7.58. The largest absolute Gasteiger partial charge is 0.492 e. The highest BCUT2D eigenvalue weighted by atomic mass is 79.9. The molecule has 0 atom stereocenters. The van der Waals surface area contributed by atoms with Crippen LogP contribution in [0.5, 0.6) is 5.88 Å². The van der Waals surface area contributed by atoms with Crippen LogP contribution in [0.25, 0.3) is 11.5 Å². The zero-order valence-electron chi connectivity index (χ0n) is 8.36. The van der Waals surface area contributed by atoms with Gasteiger partial charge in [0.2, 0.25) is 5.88 Å². The second kappa shape index (κ2) is 4.05. The van der Waals surface area contributed by atoms with E-state index in [1.807, 2.05) is 13.0 Å². The van der Waals surface area contributed by atoms with E-state index in [0.717, 1.165) is 5.56 Å². The van der Waals surface area contributed by atoms with Gasteiger partial charge in [-0.05, 0) is 34.5 Å². The van der Waals surface area contributed by atoms with Gasteiger partial charge in [0.05, 0.1) is 0 Å². The normalized spacial score (nSPS) is 10.4. The van der Waals surface area contributed by atoms with E-state index in [2.05, 4.69) is 30.9 Å². The van der Waals surface area contributed by atoms with Crippen molar-refractivity contribution in [2.75, 3.05) is 0 Å². The van der Waals surface area contributed by atoms with Crippen molar-refractivity contribution in [2.45, 2.75) is 6.92 Å². The van der Waals surface area contributed by atoms with Crippen LogP contribution in [0.3, 0.4) is 0 Å². The quantitative estimate of drug-likeness (QED) is 0.832. The summed E-state index contributed by atoms with van der Waals surface area (Å²) in [5, 5.41) is 9.39.